The highest BCUT2D eigenvalue weighted by Gasteiger charge is 2.47. The van der Waals surface area contributed by atoms with E-state index >= 15 is 0 Å². The number of hydrogen-bond acceptors (Lipinski definition) is 5. The zero-order valence-corrected chi connectivity index (χ0v) is 11.8. The summed E-state index contributed by atoms with van der Waals surface area (Å²) in [5.41, 5.74) is 1.15. The highest BCUT2D eigenvalue weighted by molar-refractivity contribution is 5.75. The molecule has 110 valence electrons. The van der Waals surface area contributed by atoms with Gasteiger partial charge in [0.1, 0.15) is 6.10 Å². The van der Waals surface area contributed by atoms with Crippen molar-refractivity contribution in [2.24, 2.45) is 0 Å². The largest absolute Gasteiger partial charge is 0.464 e. The Balaban J connectivity index is 1.92. The van der Waals surface area contributed by atoms with Gasteiger partial charge < -0.3 is 14.9 Å². The average Bonchev–Trinajstić information content (AvgIpc) is 3.26. The monoisotopic (exact) mass is 279 g/mol. The van der Waals surface area contributed by atoms with Gasteiger partial charge in [0.25, 0.3) is 0 Å². The van der Waals surface area contributed by atoms with E-state index in [1.165, 1.54) is 0 Å². The molecule has 0 radical (unpaired) electrons. The van der Waals surface area contributed by atoms with E-state index in [9.17, 15) is 15.0 Å². The molecule has 2 N–H and O–H groups in total. The number of carbonyl (C=O) groups excluding carboxylic acids is 1. The van der Waals surface area contributed by atoms with Crippen LogP contribution in [0.3, 0.4) is 0 Å². The summed E-state index contributed by atoms with van der Waals surface area (Å²) < 4.78 is 4.72. The Kier molecular flexibility index (Phi) is 4.75. The molecule has 2 unspecified atom stereocenters. The molecule has 0 spiro atoms. The molecule has 1 heterocycles. The van der Waals surface area contributed by atoms with Gasteiger partial charge in [-0.25, -0.2) is 4.79 Å². The molecule has 0 aliphatic carbocycles. The molecule has 1 aliphatic rings. The van der Waals surface area contributed by atoms with Gasteiger partial charge in [-0.05, 0) is 19.4 Å². The summed E-state index contributed by atoms with van der Waals surface area (Å²) in [6.07, 6.45) is -2.59. The predicted octanol–water partition coefficient (Wildman–Crippen LogP) is 0.717. The fraction of sp³-hybridized carbons (Fsp3) is 0.533. The number of aliphatic hydroxyl groups excluding tert-OH is 2. The Labute approximate surface area is 118 Å². The standard InChI is InChI=1S/C15H21NO4/c1-3-20-15(19)14(18)13(17)12-9-16(12)10(2)11-7-5-4-6-8-11/h4-8,10,12-14,17-18H,3,9H2,1-2H3/t10-,12?,13-,14+,16?/m1/s1. The van der Waals surface area contributed by atoms with Gasteiger partial charge in [-0.1, -0.05) is 30.3 Å². The fourth-order valence-corrected chi connectivity index (χ4v) is 2.42. The maximum absolute atomic E-state index is 11.4. The minimum Gasteiger partial charge on any atom is -0.464 e. The number of esters is 1. The number of ether oxygens (including phenoxy) is 1. The summed E-state index contributed by atoms with van der Waals surface area (Å²) in [5, 5.41) is 19.8. The van der Waals surface area contributed by atoms with E-state index in [1.54, 1.807) is 6.92 Å². The molecule has 1 aliphatic heterocycles. The minimum absolute atomic E-state index is 0.144. The van der Waals surface area contributed by atoms with E-state index in [0.717, 1.165) is 5.56 Å². The van der Waals surface area contributed by atoms with Gasteiger partial charge >= 0.3 is 5.97 Å². The molecule has 5 nitrogen and oxygen atoms in total. The second-order valence-corrected chi connectivity index (χ2v) is 5.04. The van der Waals surface area contributed by atoms with Crippen molar-refractivity contribution in [3.05, 3.63) is 35.9 Å². The van der Waals surface area contributed by atoms with Crippen molar-refractivity contribution < 1.29 is 19.7 Å². The first-order chi connectivity index (χ1) is 9.56. The molecule has 0 aromatic heterocycles. The third kappa shape index (κ3) is 3.17. The van der Waals surface area contributed by atoms with Crippen molar-refractivity contribution in [3.63, 3.8) is 0 Å². The lowest BCUT2D eigenvalue weighted by Gasteiger charge is -2.19. The number of aliphatic hydroxyl groups is 2. The average molecular weight is 279 g/mol. The molecule has 0 amide bonds. The topological polar surface area (TPSA) is 69.8 Å². The SMILES string of the molecule is CCOC(=O)[C@@H](O)[C@H](O)C1CN1[C@H](C)c1ccccc1. The molecule has 5 atom stereocenters. The van der Waals surface area contributed by atoms with Crippen LogP contribution in [0.15, 0.2) is 30.3 Å². The van der Waals surface area contributed by atoms with Crippen LogP contribution in [0.25, 0.3) is 0 Å². The Morgan fingerprint density at radius 1 is 1.40 bits per heavy atom. The summed E-state index contributed by atoms with van der Waals surface area (Å²) in [6, 6.07) is 9.87. The molecular weight excluding hydrogens is 258 g/mol. The maximum atomic E-state index is 11.4. The Morgan fingerprint density at radius 2 is 2.05 bits per heavy atom. The van der Waals surface area contributed by atoms with Crippen LogP contribution in [0.5, 0.6) is 0 Å². The Bertz CT molecular complexity index is 450. The Morgan fingerprint density at radius 3 is 2.65 bits per heavy atom. The van der Waals surface area contributed by atoms with Crippen LogP contribution in [0.2, 0.25) is 0 Å². The second-order valence-electron chi connectivity index (χ2n) is 5.04. The van der Waals surface area contributed by atoms with Gasteiger partial charge in [0.15, 0.2) is 6.10 Å². The lowest BCUT2D eigenvalue weighted by Crippen LogP contribution is -2.40. The normalized spacial score (nSPS) is 25.6. The molecule has 1 aromatic rings. The van der Waals surface area contributed by atoms with E-state index < -0.39 is 18.2 Å². The van der Waals surface area contributed by atoms with Gasteiger partial charge in [0.05, 0.1) is 12.6 Å². The van der Waals surface area contributed by atoms with Crippen molar-refractivity contribution in [1.29, 1.82) is 0 Å². The summed E-state index contributed by atoms with van der Waals surface area (Å²) in [4.78, 5) is 13.5. The third-order valence-electron chi connectivity index (χ3n) is 3.72. The van der Waals surface area contributed by atoms with Crippen LogP contribution in [0.4, 0.5) is 0 Å². The van der Waals surface area contributed by atoms with Crippen molar-refractivity contribution >= 4 is 5.97 Å². The predicted molar refractivity (Wildman–Crippen MR) is 74.0 cm³/mol. The van der Waals surface area contributed by atoms with Gasteiger partial charge in [-0.2, -0.15) is 0 Å². The first kappa shape index (κ1) is 15.0. The molecule has 1 saturated heterocycles. The lowest BCUT2D eigenvalue weighted by molar-refractivity contribution is -0.159. The number of nitrogens with zero attached hydrogens (tertiary/aromatic N) is 1. The summed E-state index contributed by atoms with van der Waals surface area (Å²) in [6.45, 7) is 4.56. The molecule has 0 saturated carbocycles. The smallest absolute Gasteiger partial charge is 0.337 e. The fourth-order valence-electron chi connectivity index (χ4n) is 2.42. The summed E-state index contributed by atoms with van der Waals surface area (Å²) in [5.74, 6) is -0.765. The lowest BCUT2D eigenvalue weighted by atomic mass is 10.1. The van der Waals surface area contributed by atoms with Crippen LogP contribution >= 0.6 is 0 Å². The second kappa shape index (κ2) is 6.35. The van der Waals surface area contributed by atoms with Crippen LogP contribution in [0, 0.1) is 0 Å². The zero-order valence-electron chi connectivity index (χ0n) is 11.8. The quantitative estimate of drug-likeness (QED) is 0.593. The van der Waals surface area contributed by atoms with Crippen molar-refractivity contribution in [1.82, 2.24) is 4.90 Å². The van der Waals surface area contributed by atoms with Crippen LogP contribution in [0.1, 0.15) is 25.5 Å². The van der Waals surface area contributed by atoms with Crippen LogP contribution < -0.4 is 0 Å². The molecule has 20 heavy (non-hydrogen) atoms. The van der Waals surface area contributed by atoms with Crippen molar-refractivity contribution in [2.45, 2.75) is 38.1 Å². The Hall–Kier alpha value is -1.43. The third-order valence-corrected chi connectivity index (χ3v) is 3.72. The molecule has 1 fully saturated rings. The van der Waals surface area contributed by atoms with E-state index in [0.29, 0.717) is 6.54 Å². The summed E-state index contributed by atoms with van der Waals surface area (Å²) >= 11 is 0. The number of hydrogen-bond donors (Lipinski definition) is 2. The maximum Gasteiger partial charge on any atom is 0.337 e. The van der Waals surface area contributed by atoms with Crippen LogP contribution in [-0.2, 0) is 9.53 Å². The first-order valence-electron chi connectivity index (χ1n) is 6.89. The van der Waals surface area contributed by atoms with E-state index in [4.69, 9.17) is 4.74 Å². The molecule has 0 bridgehead atoms. The van der Waals surface area contributed by atoms with E-state index in [-0.39, 0.29) is 18.7 Å². The van der Waals surface area contributed by atoms with Gasteiger partial charge in [0.2, 0.25) is 0 Å². The van der Waals surface area contributed by atoms with Gasteiger partial charge in [-0.3, -0.25) is 4.90 Å². The van der Waals surface area contributed by atoms with Crippen molar-refractivity contribution in [3.8, 4) is 0 Å². The van der Waals surface area contributed by atoms with E-state index in [1.807, 2.05) is 42.2 Å². The number of benzene rings is 1. The van der Waals surface area contributed by atoms with Crippen molar-refractivity contribution in [2.75, 3.05) is 13.2 Å². The van der Waals surface area contributed by atoms with Gasteiger partial charge in [0, 0.05) is 12.6 Å². The van der Waals surface area contributed by atoms with Gasteiger partial charge in [-0.15, -0.1) is 0 Å². The molecule has 2 rings (SSSR count). The molecule has 5 heteroatoms. The minimum atomic E-state index is -1.48. The first-order valence-corrected chi connectivity index (χ1v) is 6.89. The molecule has 1 aromatic carbocycles. The zero-order chi connectivity index (χ0) is 14.7. The molecular formula is C15H21NO4. The van der Waals surface area contributed by atoms with Crippen LogP contribution in [-0.4, -0.2) is 52.5 Å². The van der Waals surface area contributed by atoms with E-state index in [2.05, 4.69) is 0 Å². The highest BCUT2D eigenvalue weighted by Crippen LogP contribution is 2.34. The summed E-state index contributed by atoms with van der Waals surface area (Å²) in [7, 11) is 0. The highest BCUT2D eigenvalue weighted by atomic mass is 16.5. The number of carbonyl (C=O) groups is 1. The number of rotatable bonds is 6.